The van der Waals surface area contributed by atoms with Gasteiger partial charge in [0.1, 0.15) is 17.4 Å². The maximum absolute atomic E-state index is 13.3. The molecule has 1 aromatic heterocycles. The third-order valence-electron chi connectivity index (χ3n) is 5.94. The van der Waals surface area contributed by atoms with E-state index >= 15 is 0 Å². The van der Waals surface area contributed by atoms with Gasteiger partial charge in [-0.15, -0.1) is 0 Å². The quantitative estimate of drug-likeness (QED) is 0.780. The number of hydrogen-bond donors (Lipinski definition) is 1. The fourth-order valence-corrected chi connectivity index (χ4v) is 4.03. The van der Waals surface area contributed by atoms with Crippen LogP contribution in [0.2, 0.25) is 0 Å². The van der Waals surface area contributed by atoms with E-state index in [0.29, 0.717) is 31.1 Å². The number of carbonyl (C=O) groups is 2. The lowest BCUT2D eigenvalue weighted by atomic mass is 10.0. The van der Waals surface area contributed by atoms with Crippen LogP contribution in [-0.4, -0.2) is 58.9 Å². The van der Waals surface area contributed by atoms with Gasteiger partial charge in [-0.2, -0.15) is 0 Å². The summed E-state index contributed by atoms with van der Waals surface area (Å²) in [5.74, 6) is -3.05. The number of aromatic nitrogens is 1. The molecule has 0 radical (unpaired) electrons. The summed E-state index contributed by atoms with van der Waals surface area (Å²) in [4.78, 5) is 32.4. The second-order valence-electron chi connectivity index (χ2n) is 8.93. The second kappa shape index (κ2) is 6.81. The third-order valence-corrected chi connectivity index (χ3v) is 5.94. The van der Waals surface area contributed by atoms with Crippen molar-refractivity contribution in [3.05, 3.63) is 17.8 Å². The summed E-state index contributed by atoms with van der Waals surface area (Å²) in [5, 5.41) is 0. The Kier molecular flexibility index (Phi) is 4.66. The number of amides is 2. The summed E-state index contributed by atoms with van der Waals surface area (Å²) in [7, 11) is 0. The molecule has 1 unspecified atom stereocenters. The number of halogens is 2. The van der Waals surface area contributed by atoms with Crippen LogP contribution < -0.4 is 15.4 Å². The topological polar surface area (TPSA) is 88.8 Å². The highest BCUT2D eigenvalue weighted by Gasteiger charge is 2.47. The minimum Gasteiger partial charge on any atom is -0.476 e. The molecule has 0 aromatic carbocycles. The lowest BCUT2D eigenvalue weighted by Crippen LogP contribution is -2.56. The highest BCUT2D eigenvalue weighted by Crippen LogP contribution is 2.39. The normalized spacial score (nSPS) is 24.9. The van der Waals surface area contributed by atoms with E-state index in [9.17, 15) is 18.4 Å². The van der Waals surface area contributed by atoms with Gasteiger partial charge in [0, 0.05) is 5.54 Å². The van der Waals surface area contributed by atoms with Crippen molar-refractivity contribution in [3.8, 4) is 5.88 Å². The van der Waals surface area contributed by atoms with Gasteiger partial charge in [0.2, 0.25) is 11.8 Å². The molecular formula is C20H26F2N4O3. The summed E-state index contributed by atoms with van der Waals surface area (Å²) in [6, 6.07) is 2.41. The second-order valence-corrected chi connectivity index (χ2v) is 8.93. The molecule has 1 aromatic rings. The van der Waals surface area contributed by atoms with Crippen LogP contribution in [0, 0.1) is 5.92 Å². The molecule has 29 heavy (non-hydrogen) atoms. The Morgan fingerprint density at radius 2 is 1.93 bits per heavy atom. The fraction of sp³-hybridized carbons (Fsp3) is 0.650. The molecule has 158 valence electrons. The van der Waals surface area contributed by atoms with Crippen LogP contribution in [0.1, 0.15) is 50.0 Å². The van der Waals surface area contributed by atoms with Crippen LogP contribution >= 0.6 is 0 Å². The fourth-order valence-electron chi connectivity index (χ4n) is 4.03. The Morgan fingerprint density at radius 1 is 1.24 bits per heavy atom. The molecule has 3 heterocycles. The van der Waals surface area contributed by atoms with Crippen molar-refractivity contribution in [3.63, 3.8) is 0 Å². The summed E-state index contributed by atoms with van der Waals surface area (Å²) in [5.41, 5.74) is 5.54. The van der Waals surface area contributed by atoms with Crippen LogP contribution in [0.5, 0.6) is 5.88 Å². The van der Waals surface area contributed by atoms with Crippen LogP contribution in [0.3, 0.4) is 0 Å². The van der Waals surface area contributed by atoms with Gasteiger partial charge in [-0.3, -0.25) is 9.59 Å². The first kappa shape index (κ1) is 19.8. The van der Waals surface area contributed by atoms with Gasteiger partial charge >= 0.3 is 0 Å². The zero-order chi connectivity index (χ0) is 21.0. The number of carbonyl (C=O) groups excluding carboxylic acids is 2. The molecule has 2 N–H and O–H groups in total. The van der Waals surface area contributed by atoms with E-state index in [1.54, 1.807) is 6.07 Å². The largest absolute Gasteiger partial charge is 0.476 e. The number of rotatable bonds is 6. The van der Waals surface area contributed by atoms with Crippen LogP contribution in [0.15, 0.2) is 12.1 Å². The summed E-state index contributed by atoms with van der Waals surface area (Å²) in [6.45, 7) is 3.42. The van der Waals surface area contributed by atoms with Gasteiger partial charge in [-0.25, -0.2) is 13.8 Å². The molecule has 4 rings (SSSR count). The molecular weight excluding hydrogens is 382 g/mol. The van der Waals surface area contributed by atoms with Crippen LogP contribution in [0.25, 0.3) is 0 Å². The zero-order valence-corrected chi connectivity index (χ0v) is 16.7. The minimum absolute atomic E-state index is 0.119. The molecule has 2 aliphatic heterocycles. The lowest BCUT2D eigenvalue weighted by molar-refractivity contribution is -0.122. The Bertz CT molecular complexity index is 833. The summed E-state index contributed by atoms with van der Waals surface area (Å²) in [6.07, 6.45) is 3.29. The number of hydrogen-bond acceptors (Lipinski definition) is 5. The van der Waals surface area contributed by atoms with Crippen molar-refractivity contribution in [2.45, 2.75) is 57.0 Å². The van der Waals surface area contributed by atoms with Gasteiger partial charge in [-0.1, -0.05) is 0 Å². The number of anilines is 1. The maximum atomic E-state index is 13.3. The monoisotopic (exact) mass is 408 g/mol. The molecule has 3 fully saturated rings. The minimum atomic E-state index is -2.73. The van der Waals surface area contributed by atoms with Crippen LogP contribution in [0.4, 0.5) is 14.5 Å². The highest BCUT2D eigenvalue weighted by atomic mass is 19.3. The predicted octanol–water partition coefficient (Wildman–Crippen LogP) is 2.19. The Labute approximate surface area is 168 Å². The molecule has 0 bridgehead atoms. The van der Waals surface area contributed by atoms with Gasteiger partial charge in [0.25, 0.3) is 11.8 Å². The van der Waals surface area contributed by atoms with Crippen molar-refractivity contribution >= 4 is 17.5 Å². The van der Waals surface area contributed by atoms with E-state index in [2.05, 4.69) is 4.98 Å². The SMILES string of the molecule is CC1(C)CCC(C(N)=O)N1C(=O)c1ccc(N2CC(F)(F)C2)c(OCC2CC2)n1. The first-order valence-electron chi connectivity index (χ1n) is 9.97. The molecule has 1 aliphatic carbocycles. The van der Waals surface area contributed by atoms with Gasteiger partial charge in [-0.05, 0) is 57.6 Å². The standard InChI is InChI=1S/C20H26F2N4O3/c1-19(2)8-7-14(16(23)27)26(19)18(28)13-5-6-15(25-10-20(21,22)11-25)17(24-13)29-9-12-3-4-12/h5-6,12,14H,3-4,7-11H2,1-2H3,(H2,23,27). The van der Waals surface area contributed by atoms with Gasteiger partial charge < -0.3 is 20.3 Å². The van der Waals surface area contributed by atoms with Crippen molar-refractivity contribution in [1.82, 2.24) is 9.88 Å². The van der Waals surface area contributed by atoms with Gasteiger partial charge in [0.15, 0.2) is 0 Å². The first-order valence-corrected chi connectivity index (χ1v) is 9.97. The van der Waals surface area contributed by atoms with Gasteiger partial charge in [0.05, 0.1) is 19.7 Å². The number of ether oxygens (including phenoxy) is 1. The number of primary amides is 1. The molecule has 2 saturated heterocycles. The number of likely N-dealkylation sites (tertiary alicyclic amines) is 1. The average Bonchev–Trinajstić information content (AvgIpc) is 3.39. The summed E-state index contributed by atoms with van der Waals surface area (Å²) < 4.78 is 32.5. The van der Waals surface area contributed by atoms with Crippen molar-refractivity contribution in [1.29, 1.82) is 0 Å². The molecule has 0 spiro atoms. The number of alkyl halides is 2. The van der Waals surface area contributed by atoms with Crippen molar-refractivity contribution < 1.29 is 23.1 Å². The Hall–Kier alpha value is -2.45. The van der Waals surface area contributed by atoms with E-state index < -0.39 is 42.4 Å². The third kappa shape index (κ3) is 3.86. The van der Waals surface area contributed by atoms with E-state index in [-0.39, 0.29) is 11.6 Å². The number of nitrogens with zero attached hydrogens (tertiary/aromatic N) is 3. The van der Waals surface area contributed by atoms with E-state index in [0.717, 1.165) is 12.8 Å². The maximum Gasteiger partial charge on any atom is 0.282 e. The molecule has 7 nitrogen and oxygen atoms in total. The van der Waals surface area contributed by atoms with Crippen LogP contribution in [-0.2, 0) is 4.79 Å². The predicted molar refractivity (Wildman–Crippen MR) is 102 cm³/mol. The lowest BCUT2D eigenvalue weighted by Gasteiger charge is -2.40. The molecule has 2 amide bonds. The zero-order valence-electron chi connectivity index (χ0n) is 16.7. The molecule has 1 atom stereocenters. The van der Waals surface area contributed by atoms with E-state index in [1.807, 2.05) is 13.8 Å². The summed E-state index contributed by atoms with van der Waals surface area (Å²) >= 11 is 0. The van der Waals surface area contributed by atoms with Crippen molar-refractivity contribution in [2.24, 2.45) is 11.7 Å². The van der Waals surface area contributed by atoms with E-state index in [4.69, 9.17) is 10.5 Å². The Balaban J connectivity index is 1.62. The van der Waals surface area contributed by atoms with Crippen molar-refractivity contribution in [2.75, 3.05) is 24.6 Å². The van der Waals surface area contributed by atoms with E-state index in [1.165, 1.54) is 15.9 Å². The number of nitrogens with two attached hydrogens (primary N) is 1. The first-order chi connectivity index (χ1) is 13.6. The smallest absolute Gasteiger partial charge is 0.282 e. The molecule has 3 aliphatic rings. The molecule has 1 saturated carbocycles. The Morgan fingerprint density at radius 3 is 2.52 bits per heavy atom. The molecule has 9 heteroatoms. The average molecular weight is 408 g/mol. The number of pyridine rings is 1. The highest BCUT2D eigenvalue weighted by molar-refractivity contribution is 5.97.